The summed E-state index contributed by atoms with van der Waals surface area (Å²) >= 11 is 3.33. The third-order valence-electron chi connectivity index (χ3n) is 2.61. The van der Waals surface area contributed by atoms with Crippen LogP contribution in [-0.2, 0) is 18.9 Å². The number of nitrogens with zero attached hydrogens (tertiary/aromatic N) is 1. The Balaban J connectivity index is 2.55. The Morgan fingerprint density at radius 1 is 1.05 bits per heavy atom. The van der Waals surface area contributed by atoms with E-state index in [2.05, 4.69) is 20.9 Å². The van der Waals surface area contributed by atoms with Crippen molar-refractivity contribution in [1.82, 2.24) is 4.98 Å². The lowest BCUT2D eigenvalue weighted by molar-refractivity contribution is 0.590. The number of hydrogen-bond acceptors (Lipinski definition) is 5. The molecule has 0 unspecified atom stereocenters. The first kappa shape index (κ1) is 15.7. The van der Waals surface area contributed by atoms with Crippen molar-refractivity contribution in [2.75, 3.05) is 11.5 Å². The van der Waals surface area contributed by atoms with Gasteiger partial charge >= 0.3 is 0 Å². The molecule has 9 heteroatoms. The number of rotatable bonds is 4. The molecule has 0 aliphatic rings. The summed E-state index contributed by atoms with van der Waals surface area (Å²) in [4.78, 5) is 3.87. The number of pyridine rings is 1. The quantitative estimate of drug-likeness (QED) is 0.738. The highest BCUT2D eigenvalue weighted by Crippen LogP contribution is 2.27. The van der Waals surface area contributed by atoms with Crippen molar-refractivity contribution in [1.29, 1.82) is 0 Å². The lowest BCUT2D eigenvalue weighted by Crippen LogP contribution is -2.15. The van der Waals surface area contributed by atoms with Gasteiger partial charge in [-0.15, -0.1) is 0 Å². The van der Waals surface area contributed by atoms with Crippen LogP contribution in [0.3, 0.4) is 0 Å². The minimum atomic E-state index is -3.87. The molecule has 0 aliphatic heterocycles. The molecule has 0 fully saturated rings. The molecule has 1 aromatic carbocycles. The lowest BCUT2D eigenvalue weighted by atomic mass is 10.2. The molecule has 108 valence electrons. The molecular formula is C11H9BrClNO4S2. The third-order valence-corrected chi connectivity index (χ3v) is 6.37. The van der Waals surface area contributed by atoms with Gasteiger partial charge in [-0.2, -0.15) is 0 Å². The normalized spacial score (nSPS) is 12.7. The van der Waals surface area contributed by atoms with Crippen LogP contribution in [0.15, 0.2) is 40.0 Å². The molecule has 1 aromatic heterocycles. The summed E-state index contributed by atoms with van der Waals surface area (Å²) in [7, 11) is -2.65. The molecule has 0 amide bonds. The van der Waals surface area contributed by atoms with Gasteiger partial charge in [-0.1, -0.05) is 28.1 Å². The third kappa shape index (κ3) is 3.49. The molecule has 2 rings (SSSR count). The van der Waals surface area contributed by atoms with Crippen LogP contribution < -0.4 is 0 Å². The van der Waals surface area contributed by atoms with Crippen LogP contribution in [0.25, 0.3) is 10.8 Å². The maximum atomic E-state index is 12.2. The highest BCUT2D eigenvalue weighted by Gasteiger charge is 2.22. The molecule has 0 N–H and O–H groups in total. The minimum absolute atomic E-state index is 0.142. The second-order valence-corrected chi connectivity index (χ2v) is 9.79. The summed E-state index contributed by atoms with van der Waals surface area (Å²) in [6, 6.07) is 6.76. The molecule has 5 nitrogen and oxygen atoms in total. The molecule has 0 spiro atoms. The van der Waals surface area contributed by atoms with Crippen LogP contribution in [0.2, 0.25) is 0 Å². The van der Waals surface area contributed by atoms with Crippen LogP contribution >= 0.6 is 26.6 Å². The fourth-order valence-electron chi connectivity index (χ4n) is 1.70. The van der Waals surface area contributed by atoms with Crippen molar-refractivity contribution < 1.29 is 16.8 Å². The zero-order chi connectivity index (χ0) is 15.0. The number of sulfone groups is 1. The maximum Gasteiger partial charge on any atom is 0.233 e. The van der Waals surface area contributed by atoms with Crippen molar-refractivity contribution in [3.8, 4) is 0 Å². The van der Waals surface area contributed by atoms with Gasteiger partial charge in [-0.05, 0) is 12.1 Å². The van der Waals surface area contributed by atoms with E-state index in [9.17, 15) is 16.8 Å². The average molecular weight is 399 g/mol. The fourth-order valence-corrected chi connectivity index (χ4v) is 5.36. The Labute approximate surface area is 129 Å². The number of halogens is 2. The summed E-state index contributed by atoms with van der Waals surface area (Å²) in [5.74, 6) is -1.25. The highest BCUT2D eigenvalue weighted by molar-refractivity contribution is 9.10. The van der Waals surface area contributed by atoms with Crippen LogP contribution in [0, 0.1) is 0 Å². The zero-order valence-electron chi connectivity index (χ0n) is 9.95. The Kier molecular flexibility index (Phi) is 4.38. The molecule has 0 saturated heterocycles. The second kappa shape index (κ2) is 5.59. The van der Waals surface area contributed by atoms with Gasteiger partial charge < -0.3 is 0 Å². The first-order valence-corrected chi connectivity index (χ1v) is 10.3. The Hall–Kier alpha value is -0.700. The topological polar surface area (TPSA) is 81.2 Å². The van der Waals surface area contributed by atoms with E-state index < -0.39 is 30.4 Å². The van der Waals surface area contributed by atoms with Crippen LogP contribution in [0.4, 0.5) is 0 Å². The van der Waals surface area contributed by atoms with Gasteiger partial charge in [0, 0.05) is 32.1 Å². The van der Waals surface area contributed by atoms with E-state index in [1.807, 2.05) is 0 Å². The largest absolute Gasteiger partial charge is 0.244 e. The number of benzene rings is 1. The highest BCUT2D eigenvalue weighted by atomic mass is 79.9. The summed E-state index contributed by atoms with van der Waals surface area (Å²) in [6.07, 6.45) is 1.37. The van der Waals surface area contributed by atoms with E-state index in [1.54, 1.807) is 24.3 Å². The zero-order valence-corrected chi connectivity index (χ0v) is 13.9. The first-order chi connectivity index (χ1) is 9.21. The number of aromatic nitrogens is 1. The predicted octanol–water partition coefficient (Wildman–Crippen LogP) is 2.34. The molecule has 0 bridgehead atoms. The van der Waals surface area contributed by atoms with Gasteiger partial charge in [0.2, 0.25) is 9.05 Å². The fraction of sp³-hybridized carbons (Fsp3) is 0.182. The van der Waals surface area contributed by atoms with Gasteiger partial charge in [0.05, 0.1) is 11.5 Å². The van der Waals surface area contributed by atoms with Crippen molar-refractivity contribution in [3.63, 3.8) is 0 Å². The van der Waals surface area contributed by atoms with E-state index in [0.29, 0.717) is 10.8 Å². The van der Waals surface area contributed by atoms with Gasteiger partial charge in [-0.25, -0.2) is 21.8 Å². The van der Waals surface area contributed by atoms with Crippen LogP contribution in [0.5, 0.6) is 0 Å². The summed E-state index contributed by atoms with van der Waals surface area (Å²) in [5.41, 5.74) is 0. The summed E-state index contributed by atoms with van der Waals surface area (Å²) < 4.78 is 46.9. The van der Waals surface area contributed by atoms with Gasteiger partial charge in [0.25, 0.3) is 0 Å². The molecular weight excluding hydrogens is 390 g/mol. The van der Waals surface area contributed by atoms with Gasteiger partial charge in [-0.3, -0.25) is 0 Å². The summed E-state index contributed by atoms with van der Waals surface area (Å²) in [5, 5.41) is 0.986. The molecule has 2 aromatic rings. The van der Waals surface area contributed by atoms with Crippen LogP contribution in [0.1, 0.15) is 0 Å². The lowest BCUT2D eigenvalue weighted by Gasteiger charge is -2.07. The Morgan fingerprint density at radius 2 is 1.75 bits per heavy atom. The van der Waals surface area contributed by atoms with E-state index in [4.69, 9.17) is 10.7 Å². The molecule has 0 aliphatic carbocycles. The van der Waals surface area contributed by atoms with E-state index in [1.165, 1.54) is 6.20 Å². The van der Waals surface area contributed by atoms with Gasteiger partial charge in [0.15, 0.2) is 14.9 Å². The monoisotopic (exact) mass is 397 g/mol. The van der Waals surface area contributed by atoms with Crippen molar-refractivity contribution >= 4 is 56.3 Å². The average Bonchev–Trinajstić information content (AvgIpc) is 2.36. The van der Waals surface area contributed by atoms with E-state index in [-0.39, 0.29) is 5.03 Å². The molecule has 1 heterocycles. The molecule has 0 saturated carbocycles. The minimum Gasteiger partial charge on any atom is -0.244 e. The maximum absolute atomic E-state index is 12.2. The summed E-state index contributed by atoms with van der Waals surface area (Å²) in [6.45, 7) is 0. The van der Waals surface area contributed by atoms with Crippen molar-refractivity contribution in [3.05, 3.63) is 34.9 Å². The second-order valence-electron chi connectivity index (χ2n) is 4.01. The van der Waals surface area contributed by atoms with E-state index in [0.717, 1.165) is 4.47 Å². The Morgan fingerprint density at radius 3 is 2.40 bits per heavy atom. The molecule has 20 heavy (non-hydrogen) atoms. The SMILES string of the molecule is O=S(=O)(Cl)CCS(=O)(=O)c1nccc2c(Br)cccc12. The van der Waals surface area contributed by atoms with Crippen LogP contribution in [-0.4, -0.2) is 33.3 Å². The predicted molar refractivity (Wildman–Crippen MR) is 81.1 cm³/mol. The smallest absolute Gasteiger partial charge is 0.233 e. The number of hydrogen-bond donors (Lipinski definition) is 0. The molecule has 0 radical (unpaired) electrons. The van der Waals surface area contributed by atoms with Crippen molar-refractivity contribution in [2.24, 2.45) is 0 Å². The van der Waals surface area contributed by atoms with E-state index >= 15 is 0 Å². The number of fused-ring (bicyclic) bond motifs is 1. The van der Waals surface area contributed by atoms with Crippen molar-refractivity contribution in [2.45, 2.75) is 5.03 Å². The Bertz CT molecular complexity index is 865. The van der Waals surface area contributed by atoms with Gasteiger partial charge in [0.1, 0.15) is 0 Å². The first-order valence-electron chi connectivity index (χ1n) is 5.39. The molecule has 0 atom stereocenters. The standard InChI is InChI=1S/C11H9BrClNO4S2/c12-10-3-1-2-9-8(10)4-5-14-11(9)19(15,16)6-7-20(13,17)18/h1-5H,6-7H2.